The summed E-state index contributed by atoms with van der Waals surface area (Å²) >= 11 is 0. The Hall–Kier alpha value is -0.840. The molecule has 1 rings (SSSR count). The molecular formula is C16H30N2O2. The van der Waals surface area contributed by atoms with Gasteiger partial charge < -0.3 is 19.4 Å². The van der Waals surface area contributed by atoms with Crippen molar-refractivity contribution in [3.63, 3.8) is 0 Å². The topological polar surface area (TPSA) is 35.4 Å². The van der Waals surface area contributed by atoms with Crippen molar-refractivity contribution >= 4 is 0 Å². The van der Waals surface area contributed by atoms with Gasteiger partial charge in [0.05, 0.1) is 6.61 Å². The van der Waals surface area contributed by atoms with E-state index < -0.39 is 0 Å². The average molecular weight is 282 g/mol. The summed E-state index contributed by atoms with van der Waals surface area (Å²) in [4.78, 5) is 0. The minimum atomic E-state index is 0.434. The zero-order chi connectivity index (χ0) is 14.8. The SMILES string of the molecule is CCNC(c1ccn(CCOCCCOC)c1)C(C)C. The molecule has 0 spiro atoms. The smallest absolute Gasteiger partial charge is 0.0645 e. The molecule has 1 heterocycles. The van der Waals surface area contributed by atoms with Crippen LogP contribution in [0.3, 0.4) is 0 Å². The van der Waals surface area contributed by atoms with Gasteiger partial charge in [0.25, 0.3) is 0 Å². The Morgan fingerprint density at radius 3 is 2.70 bits per heavy atom. The number of nitrogens with zero attached hydrogens (tertiary/aromatic N) is 1. The van der Waals surface area contributed by atoms with Gasteiger partial charge in [-0.1, -0.05) is 20.8 Å². The van der Waals surface area contributed by atoms with Crippen LogP contribution < -0.4 is 5.32 Å². The van der Waals surface area contributed by atoms with E-state index in [0.29, 0.717) is 12.0 Å². The molecule has 0 saturated carbocycles. The molecule has 0 radical (unpaired) electrons. The van der Waals surface area contributed by atoms with Crippen molar-refractivity contribution in [3.8, 4) is 0 Å². The molecule has 0 aromatic carbocycles. The molecule has 116 valence electrons. The first kappa shape index (κ1) is 17.2. The van der Waals surface area contributed by atoms with Gasteiger partial charge in [0.1, 0.15) is 0 Å². The van der Waals surface area contributed by atoms with E-state index in [1.807, 2.05) is 0 Å². The van der Waals surface area contributed by atoms with Gasteiger partial charge in [-0.25, -0.2) is 0 Å². The summed E-state index contributed by atoms with van der Waals surface area (Å²) in [5.74, 6) is 0.594. The lowest BCUT2D eigenvalue weighted by atomic mass is 9.98. The minimum absolute atomic E-state index is 0.434. The number of hydrogen-bond acceptors (Lipinski definition) is 3. The number of methoxy groups -OCH3 is 1. The predicted molar refractivity (Wildman–Crippen MR) is 83.0 cm³/mol. The highest BCUT2D eigenvalue weighted by atomic mass is 16.5. The van der Waals surface area contributed by atoms with E-state index in [1.165, 1.54) is 5.56 Å². The van der Waals surface area contributed by atoms with Crippen LogP contribution in [0.1, 0.15) is 38.8 Å². The first-order chi connectivity index (χ1) is 9.69. The van der Waals surface area contributed by atoms with E-state index in [9.17, 15) is 0 Å². The first-order valence-electron chi connectivity index (χ1n) is 7.64. The molecule has 1 aromatic rings. The highest BCUT2D eigenvalue weighted by Gasteiger charge is 2.15. The van der Waals surface area contributed by atoms with E-state index in [1.54, 1.807) is 7.11 Å². The monoisotopic (exact) mass is 282 g/mol. The molecule has 1 atom stereocenters. The molecule has 0 aliphatic carbocycles. The Morgan fingerprint density at radius 1 is 1.25 bits per heavy atom. The molecule has 0 fully saturated rings. The van der Waals surface area contributed by atoms with Crippen molar-refractivity contribution in [1.29, 1.82) is 0 Å². The summed E-state index contributed by atoms with van der Waals surface area (Å²) in [7, 11) is 1.72. The van der Waals surface area contributed by atoms with Crippen LogP contribution in [0.2, 0.25) is 0 Å². The highest BCUT2D eigenvalue weighted by Crippen LogP contribution is 2.21. The minimum Gasteiger partial charge on any atom is -0.385 e. The maximum atomic E-state index is 5.59. The number of aromatic nitrogens is 1. The van der Waals surface area contributed by atoms with Crippen LogP contribution in [0.15, 0.2) is 18.5 Å². The fourth-order valence-corrected chi connectivity index (χ4v) is 2.32. The predicted octanol–water partition coefficient (Wildman–Crippen LogP) is 2.85. The molecular weight excluding hydrogens is 252 g/mol. The Kier molecular flexibility index (Phi) is 8.58. The van der Waals surface area contributed by atoms with Crippen molar-refractivity contribution < 1.29 is 9.47 Å². The Labute approximate surface area is 123 Å². The highest BCUT2D eigenvalue weighted by molar-refractivity contribution is 5.16. The van der Waals surface area contributed by atoms with Gasteiger partial charge in [-0.15, -0.1) is 0 Å². The van der Waals surface area contributed by atoms with Gasteiger partial charge in [0, 0.05) is 45.3 Å². The zero-order valence-electron chi connectivity index (χ0n) is 13.4. The maximum absolute atomic E-state index is 5.59. The summed E-state index contributed by atoms with van der Waals surface area (Å²) in [6.07, 6.45) is 5.33. The van der Waals surface area contributed by atoms with Gasteiger partial charge >= 0.3 is 0 Å². The molecule has 0 aliphatic rings. The third-order valence-corrected chi connectivity index (χ3v) is 3.35. The van der Waals surface area contributed by atoms with Crippen LogP contribution in [0, 0.1) is 5.92 Å². The van der Waals surface area contributed by atoms with E-state index >= 15 is 0 Å². The quantitative estimate of drug-likeness (QED) is 0.634. The number of rotatable bonds is 11. The molecule has 0 bridgehead atoms. The van der Waals surface area contributed by atoms with Crippen molar-refractivity contribution in [3.05, 3.63) is 24.0 Å². The maximum Gasteiger partial charge on any atom is 0.0645 e. The summed E-state index contributed by atoms with van der Waals surface area (Å²) < 4.78 is 12.8. The fraction of sp³-hybridized carbons (Fsp3) is 0.750. The normalized spacial score (nSPS) is 13.1. The number of nitrogens with one attached hydrogen (secondary N) is 1. The lowest BCUT2D eigenvalue weighted by molar-refractivity contribution is 0.0977. The summed E-state index contributed by atoms with van der Waals surface area (Å²) in [5.41, 5.74) is 1.36. The lowest BCUT2D eigenvalue weighted by Crippen LogP contribution is -2.25. The van der Waals surface area contributed by atoms with Crippen molar-refractivity contribution in [2.75, 3.05) is 33.5 Å². The number of ether oxygens (including phenoxy) is 2. The third-order valence-electron chi connectivity index (χ3n) is 3.35. The average Bonchev–Trinajstić information content (AvgIpc) is 2.88. The van der Waals surface area contributed by atoms with E-state index in [0.717, 1.165) is 39.3 Å². The summed E-state index contributed by atoms with van der Waals surface area (Å²) in [6.45, 7) is 10.9. The molecule has 1 unspecified atom stereocenters. The van der Waals surface area contributed by atoms with Gasteiger partial charge in [-0.3, -0.25) is 0 Å². The van der Waals surface area contributed by atoms with Crippen LogP contribution in [0.5, 0.6) is 0 Å². The second kappa shape index (κ2) is 9.97. The van der Waals surface area contributed by atoms with E-state index in [2.05, 4.69) is 49.1 Å². The zero-order valence-corrected chi connectivity index (χ0v) is 13.4. The van der Waals surface area contributed by atoms with Crippen LogP contribution >= 0.6 is 0 Å². The Morgan fingerprint density at radius 2 is 2.05 bits per heavy atom. The van der Waals surface area contributed by atoms with Gasteiger partial charge in [-0.05, 0) is 30.5 Å². The molecule has 0 amide bonds. The second-order valence-corrected chi connectivity index (χ2v) is 5.42. The molecule has 1 N–H and O–H groups in total. The van der Waals surface area contributed by atoms with Crippen LogP contribution in [-0.2, 0) is 16.0 Å². The molecule has 4 heteroatoms. The standard InChI is InChI=1S/C16H30N2O2/c1-5-17-16(14(2)3)15-7-8-18(13-15)9-12-20-11-6-10-19-4/h7-8,13-14,16-17H,5-6,9-12H2,1-4H3. The first-order valence-corrected chi connectivity index (χ1v) is 7.64. The van der Waals surface area contributed by atoms with Crippen LogP contribution in [0.25, 0.3) is 0 Å². The Balaban J connectivity index is 2.34. The molecule has 0 aliphatic heterocycles. The van der Waals surface area contributed by atoms with E-state index in [-0.39, 0.29) is 0 Å². The third kappa shape index (κ3) is 6.07. The van der Waals surface area contributed by atoms with Crippen LogP contribution in [0.4, 0.5) is 0 Å². The second-order valence-electron chi connectivity index (χ2n) is 5.42. The lowest BCUT2D eigenvalue weighted by Gasteiger charge is -2.20. The largest absolute Gasteiger partial charge is 0.385 e. The van der Waals surface area contributed by atoms with Gasteiger partial charge in [-0.2, -0.15) is 0 Å². The fourth-order valence-electron chi connectivity index (χ4n) is 2.32. The molecule has 20 heavy (non-hydrogen) atoms. The van der Waals surface area contributed by atoms with Crippen LogP contribution in [-0.4, -0.2) is 38.0 Å². The van der Waals surface area contributed by atoms with Crippen molar-refractivity contribution in [2.45, 2.75) is 39.8 Å². The molecule has 0 saturated heterocycles. The Bertz CT molecular complexity index is 350. The van der Waals surface area contributed by atoms with Crippen molar-refractivity contribution in [2.24, 2.45) is 5.92 Å². The summed E-state index contributed by atoms with van der Waals surface area (Å²) in [5, 5.41) is 3.54. The number of hydrogen-bond donors (Lipinski definition) is 1. The van der Waals surface area contributed by atoms with Gasteiger partial charge in [0.15, 0.2) is 0 Å². The van der Waals surface area contributed by atoms with E-state index in [4.69, 9.17) is 9.47 Å². The summed E-state index contributed by atoms with van der Waals surface area (Å²) in [6, 6.07) is 2.64. The molecule has 1 aromatic heterocycles. The van der Waals surface area contributed by atoms with Gasteiger partial charge in [0.2, 0.25) is 0 Å². The molecule has 4 nitrogen and oxygen atoms in total. The van der Waals surface area contributed by atoms with Crippen molar-refractivity contribution in [1.82, 2.24) is 9.88 Å².